The maximum atomic E-state index is 12.7. The Morgan fingerprint density at radius 3 is 3.00 bits per heavy atom. The Morgan fingerprint density at radius 2 is 2.30 bits per heavy atom. The monoisotopic (exact) mass is 315 g/mol. The molecule has 0 aromatic carbocycles. The van der Waals surface area contributed by atoms with Crippen LogP contribution >= 0.6 is 0 Å². The molecule has 2 aromatic heterocycles. The molecule has 1 aliphatic rings. The minimum Gasteiger partial charge on any atom is -0.464 e. The number of hydrogen-bond acceptors (Lipinski definition) is 3. The molecule has 3 heterocycles. The van der Waals surface area contributed by atoms with Gasteiger partial charge in [-0.05, 0) is 44.2 Å². The molecule has 0 saturated carbocycles. The van der Waals surface area contributed by atoms with Gasteiger partial charge in [0.05, 0.1) is 12.4 Å². The van der Waals surface area contributed by atoms with Crippen LogP contribution in [0.15, 0.2) is 35.3 Å². The van der Waals surface area contributed by atoms with Crippen LogP contribution in [0.1, 0.15) is 50.2 Å². The fourth-order valence-electron chi connectivity index (χ4n) is 3.32. The first kappa shape index (κ1) is 15.8. The van der Waals surface area contributed by atoms with E-state index in [9.17, 15) is 4.79 Å². The van der Waals surface area contributed by atoms with Gasteiger partial charge in [0.15, 0.2) is 0 Å². The van der Waals surface area contributed by atoms with E-state index in [4.69, 9.17) is 4.42 Å². The Kier molecular flexibility index (Phi) is 4.84. The van der Waals surface area contributed by atoms with Crippen molar-refractivity contribution in [3.63, 3.8) is 0 Å². The van der Waals surface area contributed by atoms with E-state index in [1.807, 2.05) is 34.7 Å². The maximum absolute atomic E-state index is 12.7. The maximum Gasteiger partial charge on any atom is 0.223 e. The summed E-state index contributed by atoms with van der Waals surface area (Å²) in [5.41, 5.74) is 0. The highest BCUT2D eigenvalue weighted by Gasteiger charge is 2.32. The summed E-state index contributed by atoms with van der Waals surface area (Å²) in [5, 5.41) is 0. The van der Waals surface area contributed by atoms with Gasteiger partial charge < -0.3 is 13.9 Å². The predicted molar refractivity (Wildman–Crippen MR) is 87.8 cm³/mol. The van der Waals surface area contributed by atoms with Crippen LogP contribution in [0.3, 0.4) is 0 Å². The van der Waals surface area contributed by atoms with Gasteiger partial charge in [-0.15, -0.1) is 0 Å². The third-order valence-electron chi connectivity index (χ3n) is 4.64. The van der Waals surface area contributed by atoms with Crippen molar-refractivity contribution in [1.29, 1.82) is 0 Å². The van der Waals surface area contributed by atoms with Crippen LogP contribution < -0.4 is 0 Å². The Balaban J connectivity index is 1.62. The van der Waals surface area contributed by atoms with Gasteiger partial charge in [-0.25, -0.2) is 4.98 Å². The van der Waals surface area contributed by atoms with Crippen LogP contribution in [0, 0.1) is 12.8 Å². The Morgan fingerprint density at radius 1 is 1.43 bits per heavy atom. The van der Waals surface area contributed by atoms with Gasteiger partial charge in [-0.2, -0.15) is 0 Å². The molecule has 2 atom stereocenters. The summed E-state index contributed by atoms with van der Waals surface area (Å²) in [6, 6.07) is 4.09. The number of hydrogen-bond donors (Lipinski definition) is 0. The molecule has 5 nitrogen and oxygen atoms in total. The normalized spacial score (nSPS) is 21.6. The summed E-state index contributed by atoms with van der Waals surface area (Å²) in [5.74, 6) is 2.69. The summed E-state index contributed by atoms with van der Waals surface area (Å²) >= 11 is 0. The van der Waals surface area contributed by atoms with Crippen molar-refractivity contribution in [2.75, 3.05) is 6.54 Å². The smallest absolute Gasteiger partial charge is 0.223 e. The third-order valence-corrected chi connectivity index (χ3v) is 4.64. The zero-order chi connectivity index (χ0) is 16.2. The van der Waals surface area contributed by atoms with Crippen molar-refractivity contribution in [1.82, 2.24) is 14.5 Å². The average molecular weight is 315 g/mol. The Bertz CT molecular complexity index is 632. The lowest BCUT2D eigenvalue weighted by Crippen LogP contribution is -2.40. The van der Waals surface area contributed by atoms with E-state index in [0.29, 0.717) is 12.3 Å². The van der Waals surface area contributed by atoms with Crippen molar-refractivity contribution in [2.24, 2.45) is 5.92 Å². The van der Waals surface area contributed by atoms with Gasteiger partial charge in [-0.3, -0.25) is 4.79 Å². The number of likely N-dealkylation sites (tertiary alicyclic amines) is 1. The second kappa shape index (κ2) is 7.02. The number of imidazole rings is 1. The van der Waals surface area contributed by atoms with Crippen LogP contribution in [0.2, 0.25) is 0 Å². The van der Waals surface area contributed by atoms with Crippen molar-refractivity contribution in [3.05, 3.63) is 42.4 Å². The van der Waals surface area contributed by atoms with Crippen molar-refractivity contribution < 1.29 is 9.21 Å². The molecule has 0 bridgehead atoms. The SMILES string of the molecule is Cc1ccc([C@@H]2C[C@H](C)CCN2C(=O)CCCn2ccnc2)o1. The number of rotatable bonds is 5. The highest BCUT2D eigenvalue weighted by molar-refractivity contribution is 5.76. The van der Waals surface area contributed by atoms with Gasteiger partial charge in [0.1, 0.15) is 11.5 Å². The molecular formula is C18H25N3O2. The molecular weight excluding hydrogens is 290 g/mol. The van der Waals surface area contributed by atoms with Crippen LogP contribution in [0.4, 0.5) is 0 Å². The van der Waals surface area contributed by atoms with Gasteiger partial charge in [-0.1, -0.05) is 6.92 Å². The topological polar surface area (TPSA) is 51.3 Å². The van der Waals surface area contributed by atoms with Gasteiger partial charge >= 0.3 is 0 Å². The highest BCUT2D eigenvalue weighted by atomic mass is 16.3. The van der Waals surface area contributed by atoms with E-state index in [1.165, 1.54) is 0 Å². The number of furan rings is 1. The third kappa shape index (κ3) is 3.84. The Hall–Kier alpha value is -2.04. The number of aryl methyl sites for hydroxylation is 2. The molecule has 1 saturated heterocycles. The van der Waals surface area contributed by atoms with Gasteiger partial charge in [0.25, 0.3) is 0 Å². The molecule has 124 valence electrons. The summed E-state index contributed by atoms with van der Waals surface area (Å²) in [4.78, 5) is 18.7. The summed E-state index contributed by atoms with van der Waals surface area (Å²) in [6.07, 6.45) is 8.96. The molecule has 1 aliphatic heterocycles. The predicted octanol–water partition coefficient (Wildman–Crippen LogP) is 3.56. The first-order valence-electron chi connectivity index (χ1n) is 8.45. The lowest BCUT2D eigenvalue weighted by Gasteiger charge is -2.37. The number of piperidine rings is 1. The van der Waals surface area contributed by atoms with Crippen LogP contribution in [0.25, 0.3) is 0 Å². The summed E-state index contributed by atoms with van der Waals surface area (Å²) in [6.45, 7) is 5.87. The van der Waals surface area contributed by atoms with E-state index < -0.39 is 0 Å². The molecule has 2 aromatic rings. The molecule has 0 spiro atoms. The molecule has 5 heteroatoms. The average Bonchev–Trinajstić information content (AvgIpc) is 3.18. The number of nitrogens with zero attached hydrogens (tertiary/aromatic N) is 3. The first-order chi connectivity index (χ1) is 11.1. The molecule has 0 unspecified atom stereocenters. The van der Waals surface area contributed by atoms with Gasteiger partial charge in [0, 0.05) is 31.9 Å². The van der Waals surface area contributed by atoms with Crippen LogP contribution in [0.5, 0.6) is 0 Å². The van der Waals surface area contributed by atoms with E-state index in [1.54, 1.807) is 12.5 Å². The summed E-state index contributed by atoms with van der Waals surface area (Å²) < 4.78 is 7.82. The van der Waals surface area contributed by atoms with E-state index in [0.717, 1.165) is 43.9 Å². The lowest BCUT2D eigenvalue weighted by atomic mass is 9.90. The minimum atomic E-state index is 0.0909. The second-order valence-corrected chi connectivity index (χ2v) is 6.58. The van der Waals surface area contributed by atoms with E-state index >= 15 is 0 Å². The van der Waals surface area contributed by atoms with Crippen molar-refractivity contribution >= 4 is 5.91 Å². The standard InChI is InChI=1S/C18H25N3O2/c1-14-7-10-21(16(12-14)17-6-5-15(2)23-17)18(22)4-3-9-20-11-8-19-13-20/h5-6,8,11,13-14,16H,3-4,7,9-10,12H2,1-2H3/t14-,16+/m1/s1. The minimum absolute atomic E-state index is 0.0909. The first-order valence-corrected chi connectivity index (χ1v) is 8.45. The number of amides is 1. The van der Waals surface area contributed by atoms with E-state index in [2.05, 4.69) is 11.9 Å². The molecule has 1 amide bonds. The van der Waals surface area contributed by atoms with E-state index in [-0.39, 0.29) is 11.9 Å². The fraction of sp³-hybridized carbons (Fsp3) is 0.556. The highest BCUT2D eigenvalue weighted by Crippen LogP contribution is 2.35. The molecule has 3 rings (SSSR count). The van der Waals surface area contributed by atoms with Crippen molar-refractivity contribution in [3.8, 4) is 0 Å². The second-order valence-electron chi connectivity index (χ2n) is 6.58. The molecule has 23 heavy (non-hydrogen) atoms. The molecule has 0 aliphatic carbocycles. The summed E-state index contributed by atoms with van der Waals surface area (Å²) in [7, 11) is 0. The molecule has 1 fully saturated rings. The largest absolute Gasteiger partial charge is 0.464 e. The zero-order valence-electron chi connectivity index (χ0n) is 13.9. The van der Waals surface area contributed by atoms with Crippen molar-refractivity contribution in [2.45, 2.75) is 52.1 Å². The number of aromatic nitrogens is 2. The lowest BCUT2D eigenvalue weighted by molar-refractivity contribution is -0.136. The zero-order valence-corrected chi connectivity index (χ0v) is 13.9. The molecule has 0 N–H and O–H groups in total. The Labute approximate surface area is 137 Å². The molecule has 0 radical (unpaired) electrons. The van der Waals surface area contributed by atoms with Crippen LogP contribution in [-0.4, -0.2) is 26.9 Å². The number of carbonyl (C=O) groups excluding carboxylic acids is 1. The van der Waals surface area contributed by atoms with Crippen LogP contribution in [-0.2, 0) is 11.3 Å². The fourth-order valence-corrected chi connectivity index (χ4v) is 3.32. The van der Waals surface area contributed by atoms with Gasteiger partial charge in [0.2, 0.25) is 5.91 Å². The number of carbonyl (C=O) groups is 1. The quantitative estimate of drug-likeness (QED) is 0.847.